The van der Waals surface area contributed by atoms with Crippen LogP contribution in [-0.4, -0.2) is 110 Å². The summed E-state index contributed by atoms with van der Waals surface area (Å²) in [6.45, 7) is 2.52. The highest BCUT2D eigenvalue weighted by Crippen LogP contribution is 2.33. The number of ether oxygens (including phenoxy) is 4. The van der Waals surface area contributed by atoms with Gasteiger partial charge in [-0.3, -0.25) is 9.59 Å². The fourth-order valence-corrected chi connectivity index (χ4v) is 4.46. The number of carbonyl (C=O) groups excluding carboxylic acids is 2. The third-order valence-corrected chi connectivity index (χ3v) is 6.49. The zero-order chi connectivity index (χ0) is 26.3. The lowest BCUT2D eigenvalue weighted by molar-refractivity contribution is -0.155. The van der Waals surface area contributed by atoms with Gasteiger partial charge in [0.1, 0.15) is 55.6 Å². The number of fused-ring (bicyclic) bond motifs is 1. The maximum atomic E-state index is 12.7. The average molecular weight is 511 g/mol. The normalized spacial score (nSPS) is 38.5. The molecule has 0 aromatic heterocycles. The number of aliphatic hydroxyl groups excluding tert-OH is 5. The summed E-state index contributed by atoms with van der Waals surface area (Å²) in [6.07, 6.45) is -10.2. The number of hydrogen-bond acceptors (Lipinski definition) is 12. The lowest BCUT2D eigenvalue weighted by atomic mass is 9.83. The molecule has 13 nitrogen and oxygen atoms in total. The molecule has 10 atom stereocenters. The molecule has 1 aliphatic carbocycles. The van der Waals surface area contributed by atoms with Gasteiger partial charge in [0.25, 0.3) is 0 Å². The fraction of sp³-hybridized carbons (Fsp3) is 0.565. The second-order valence-electron chi connectivity index (χ2n) is 9.04. The predicted molar refractivity (Wildman–Crippen MR) is 118 cm³/mol. The van der Waals surface area contributed by atoms with E-state index in [1.165, 1.54) is 38.1 Å². The number of nitrogens with one attached hydrogen (secondary N) is 1. The van der Waals surface area contributed by atoms with E-state index >= 15 is 0 Å². The molecule has 1 saturated carbocycles. The van der Waals surface area contributed by atoms with Gasteiger partial charge in [-0.25, -0.2) is 0 Å². The molecule has 0 bridgehead atoms. The van der Waals surface area contributed by atoms with Crippen molar-refractivity contribution in [3.05, 3.63) is 29.3 Å². The SMILES string of the molecule is CC(=O)[C@H]1O[C@@H](Oc2ccc(/C=C(/C)C(=O)N[C@H]3[C@@H](O)[C@H](O)[C@@H]4OCO[C@@H]4[C@H]3O)cc2O)[C@@H](O)[C@@H]1O. The smallest absolute Gasteiger partial charge is 0.247 e. The maximum absolute atomic E-state index is 12.7. The van der Waals surface area contributed by atoms with Crippen LogP contribution in [0.5, 0.6) is 11.5 Å². The molecule has 36 heavy (non-hydrogen) atoms. The van der Waals surface area contributed by atoms with Crippen molar-refractivity contribution in [3.63, 3.8) is 0 Å². The van der Waals surface area contributed by atoms with Crippen molar-refractivity contribution < 1.29 is 59.2 Å². The van der Waals surface area contributed by atoms with E-state index < -0.39 is 72.9 Å². The highest BCUT2D eigenvalue weighted by Gasteiger charge is 2.53. The van der Waals surface area contributed by atoms with Crippen LogP contribution in [0, 0.1) is 0 Å². The summed E-state index contributed by atoms with van der Waals surface area (Å²) < 4.78 is 21.1. The summed E-state index contributed by atoms with van der Waals surface area (Å²) in [5.41, 5.74) is 0.545. The number of benzene rings is 1. The molecule has 2 saturated heterocycles. The topological polar surface area (TPSA) is 204 Å². The molecule has 3 aliphatic rings. The Morgan fingerprint density at radius 1 is 0.972 bits per heavy atom. The molecule has 1 aromatic rings. The first-order chi connectivity index (χ1) is 17.0. The lowest BCUT2D eigenvalue weighted by Gasteiger charge is -2.41. The van der Waals surface area contributed by atoms with E-state index in [2.05, 4.69) is 5.32 Å². The number of rotatable bonds is 6. The second-order valence-corrected chi connectivity index (χ2v) is 9.04. The van der Waals surface area contributed by atoms with Gasteiger partial charge < -0.3 is 54.9 Å². The van der Waals surface area contributed by atoms with E-state index in [0.29, 0.717) is 5.56 Å². The number of carbonyl (C=O) groups is 2. The zero-order valence-electron chi connectivity index (χ0n) is 19.4. The van der Waals surface area contributed by atoms with E-state index in [1.54, 1.807) is 0 Å². The van der Waals surface area contributed by atoms with Crippen LogP contribution in [0.1, 0.15) is 19.4 Å². The Bertz CT molecular complexity index is 1030. The van der Waals surface area contributed by atoms with Crippen LogP contribution in [0.3, 0.4) is 0 Å². The molecular formula is C23H29NO12. The van der Waals surface area contributed by atoms with Gasteiger partial charge >= 0.3 is 0 Å². The Morgan fingerprint density at radius 2 is 1.64 bits per heavy atom. The fourth-order valence-electron chi connectivity index (χ4n) is 4.46. The number of aliphatic hydroxyl groups is 5. The molecule has 198 valence electrons. The van der Waals surface area contributed by atoms with Crippen LogP contribution in [0.4, 0.5) is 0 Å². The van der Waals surface area contributed by atoms with Gasteiger partial charge in [0, 0.05) is 5.57 Å². The van der Waals surface area contributed by atoms with Crippen molar-refractivity contribution in [2.24, 2.45) is 0 Å². The molecular weight excluding hydrogens is 482 g/mol. The lowest BCUT2D eigenvalue weighted by Crippen LogP contribution is -2.67. The molecule has 7 N–H and O–H groups in total. The zero-order valence-corrected chi connectivity index (χ0v) is 19.4. The van der Waals surface area contributed by atoms with Crippen molar-refractivity contribution >= 4 is 17.8 Å². The van der Waals surface area contributed by atoms with Crippen LogP contribution in [0.25, 0.3) is 6.08 Å². The molecule has 2 aliphatic heterocycles. The number of hydrogen-bond donors (Lipinski definition) is 7. The van der Waals surface area contributed by atoms with E-state index in [4.69, 9.17) is 18.9 Å². The highest BCUT2D eigenvalue weighted by molar-refractivity contribution is 5.97. The Labute approximate surface area is 205 Å². The molecule has 2 heterocycles. The molecule has 13 heteroatoms. The largest absolute Gasteiger partial charge is 0.504 e. The first-order valence-electron chi connectivity index (χ1n) is 11.3. The molecule has 0 unspecified atom stereocenters. The first-order valence-corrected chi connectivity index (χ1v) is 11.3. The van der Waals surface area contributed by atoms with Crippen LogP contribution in [-0.2, 0) is 23.8 Å². The molecule has 1 amide bonds. The van der Waals surface area contributed by atoms with Crippen LogP contribution >= 0.6 is 0 Å². The predicted octanol–water partition coefficient (Wildman–Crippen LogP) is -2.47. The van der Waals surface area contributed by atoms with Gasteiger partial charge in [-0.15, -0.1) is 0 Å². The van der Waals surface area contributed by atoms with E-state index in [1.807, 2.05) is 0 Å². The van der Waals surface area contributed by atoms with Gasteiger partial charge in [0.15, 0.2) is 17.3 Å². The van der Waals surface area contributed by atoms with E-state index in [0.717, 1.165) is 0 Å². The van der Waals surface area contributed by atoms with Crippen molar-refractivity contribution in [1.29, 1.82) is 0 Å². The monoisotopic (exact) mass is 511 g/mol. The van der Waals surface area contributed by atoms with Crippen molar-refractivity contribution in [3.8, 4) is 11.5 Å². The molecule has 0 radical (unpaired) electrons. The van der Waals surface area contributed by atoms with Gasteiger partial charge in [-0.2, -0.15) is 0 Å². The average Bonchev–Trinajstić information content (AvgIpc) is 3.43. The van der Waals surface area contributed by atoms with Gasteiger partial charge in [0.05, 0.1) is 6.04 Å². The molecule has 1 aromatic carbocycles. The number of amides is 1. The van der Waals surface area contributed by atoms with Crippen molar-refractivity contribution in [2.75, 3.05) is 6.79 Å². The summed E-state index contributed by atoms with van der Waals surface area (Å²) >= 11 is 0. The summed E-state index contributed by atoms with van der Waals surface area (Å²) in [6, 6.07) is 2.90. The number of ketones is 1. The summed E-state index contributed by atoms with van der Waals surface area (Å²) in [7, 11) is 0. The molecule has 4 rings (SSSR count). The Morgan fingerprint density at radius 3 is 2.25 bits per heavy atom. The quantitative estimate of drug-likeness (QED) is 0.199. The standard InChI is InChI=1S/C23H29NO12/c1-8(22(32)24-13-14(27)16(29)21-20(15(13)28)33-7-34-21)5-10-3-4-12(11(26)6-10)35-23-18(31)17(30)19(36-23)9(2)25/h3-6,13-21,23,26-31H,7H2,1-2H3,(H,24,32)/b8-5-/t13-,14+,15-,16-,17-,18-,19+,20+,21-,23+/m0/s1. The first kappa shape index (κ1) is 26.4. The number of Topliss-reactive ketones (excluding diaryl/α,β-unsaturated/α-hetero) is 1. The van der Waals surface area contributed by atoms with Crippen LogP contribution < -0.4 is 10.1 Å². The molecule has 0 spiro atoms. The summed E-state index contributed by atoms with van der Waals surface area (Å²) in [4.78, 5) is 24.2. The van der Waals surface area contributed by atoms with E-state index in [9.17, 15) is 40.2 Å². The Kier molecular flexibility index (Phi) is 7.64. The highest BCUT2D eigenvalue weighted by atomic mass is 16.7. The minimum atomic E-state index is -1.51. The Hall–Kier alpha value is -2.62. The van der Waals surface area contributed by atoms with Gasteiger partial charge in [0.2, 0.25) is 12.2 Å². The van der Waals surface area contributed by atoms with Gasteiger partial charge in [-0.05, 0) is 37.6 Å². The summed E-state index contributed by atoms with van der Waals surface area (Å²) in [5, 5.41) is 63.9. The van der Waals surface area contributed by atoms with Crippen LogP contribution in [0.2, 0.25) is 0 Å². The van der Waals surface area contributed by atoms with Crippen molar-refractivity contribution in [2.45, 2.75) is 75.0 Å². The molecule has 3 fully saturated rings. The second kappa shape index (κ2) is 10.4. The minimum Gasteiger partial charge on any atom is -0.504 e. The van der Waals surface area contributed by atoms with Crippen LogP contribution in [0.15, 0.2) is 23.8 Å². The third kappa shape index (κ3) is 4.96. The maximum Gasteiger partial charge on any atom is 0.247 e. The number of aromatic hydroxyl groups is 1. The number of phenolic OH excluding ortho intramolecular Hbond substituents is 1. The van der Waals surface area contributed by atoms with Gasteiger partial charge in [-0.1, -0.05) is 6.07 Å². The van der Waals surface area contributed by atoms with E-state index in [-0.39, 0.29) is 23.9 Å². The minimum absolute atomic E-state index is 0.0921. The van der Waals surface area contributed by atoms with Crippen molar-refractivity contribution in [1.82, 2.24) is 5.32 Å². The third-order valence-electron chi connectivity index (χ3n) is 6.49. The number of phenols is 1. The summed E-state index contributed by atoms with van der Waals surface area (Å²) in [5.74, 6) is -1.59. The Balaban J connectivity index is 1.41.